The van der Waals surface area contributed by atoms with Gasteiger partial charge in [0.05, 0.1) is 23.0 Å². The minimum atomic E-state index is -0.708. The molecule has 0 saturated carbocycles. The average molecular weight is 423 g/mol. The highest BCUT2D eigenvalue weighted by Gasteiger charge is 2.50. The summed E-state index contributed by atoms with van der Waals surface area (Å²) >= 11 is 6.82. The molecule has 7 heteroatoms. The van der Waals surface area contributed by atoms with E-state index in [1.807, 2.05) is 71.7 Å². The second-order valence-electron chi connectivity index (χ2n) is 7.97. The molecule has 3 atom stereocenters. The lowest BCUT2D eigenvalue weighted by molar-refractivity contribution is -0.149. The Balaban J connectivity index is 1.32. The smallest absolute Gasteiger partial charge is 0.251 e. The lowest BCUT2D eigenvalue weighted by Crippen LogP contribution is -2.46. The summed E-state index contributed by atoms with van der Waals surface area (Å²) in [6.07, 6.45) is 4.56. The molecule has 2 aliphatic rings. The molecule has 3 heterocycles. The van der Waals surface area contributed by atoms with Crippen molar-refractivity contribution in [2.24, 2.45) is 5.73 Å². The number of nitrogens with two attached hydrogens (primary N) is 1. The number of halogens is 1. The van der Waals surface area contributed by atoms with Crippen molar-refractivity contribution < 1.29 is 9.53 Å². The molecule has 5 rings (SSSR count). The molecular weight excluding hydrogens is 400 g/mol. The van der Waals surface area contributed by atoms with E-state index in [4.69, 9.17) is 22.1 Å². The zero-order chi connectivity index (χ0) is 20.7. The highest BCUT2D eigenvalue weighted by Crippen LogP contribution is 2.51. The van der Waals surface area contributed by atoms with Crippen LogP contribution in [0.4, 0.5) is 0 Å². The number of hydrogen-bond donors (Lipinski definition) is 1. The van der Waals surface area contributed by atoms with Crippen LogP contribution in [-0.4, -0.2) is 32.6 Å². The van der Waals surface area contributed by atoms with Gasteiger partial charge in [-0.25, -0.2) is 4.68 Å². The molecule has 6 nitrogen and oxygen atoms in total. The summed E-state index contributed by atoms with van der Waals surface area (Å²) in [6.45, 7) is 1.46. The normalized spacial score (nSPS) is 26.0. The van der Waals surface area contributed by atoms with Gasteiger partial charge in [-0.3, -0.25) is 9.69 Å². The molecule has 2 aliphatic heterocycles. The molecule has 2 N–H and O–H groups in total. The summed E-state index contributed by atoms with van der Waals surface area (Å²) in [5.74, 6) is -0.457. The maximum absolute atomic E-state index is 11.9. The third kappa shape index (κ3) is 3.31. The van der Waals surface area contributed by atoms with Crippen LogP contribution in [-0.2, 0) is 21.7 Å². The molecule has 0 bridgehead atoms. The van der Waals surface area contributed by atoms with Crippen LogP contribution in [0.5, 0.6) is 0 Å². The number of rotatable bonds is 4. The van der Waals surface area contributed by atoms with Gasteiger partial charge in [-0.1, -0.05) is 42.5 Å². The van der Waals surface area contributed by atoms with Crippen molar-refractivity contribution in [3.8, 4) is 5.69 Å². The first kappa shape index (κ1) is 19.3. The monoisotopic (exact) mass is 422 g/mol. The zero-order valence-corrected chi connectivity index (χ0v) is 17.2. The molecule has 1 aromatic heterocycles. The van der Waals surface area contributed by atoms with Gasteiger partial charge >= 0.3 is 0 Å². The number of carbonyl (C=O) groups is 1. The van der Waals surface area contributed by atoms with Crippen molar-refractivity contribution >= 4 is 17.5 Å². The average Bonchev–Trinajstić information content (AvgIpc) is 3.35. The molecule has 1 spiro atoms. The van der Waals surface area contributed by atoms with E-state index in [2.05, 4.69) is 10.00 Å². The van der Waals surface area contributed by atoms with E-state index in [0.29, 0.717) is 13.0 Å². The number of amides is 1. The number of alkyl halides is 1. The number of nitrogens with zero attached hydrogens (tertiary/aromatic N) is 3. The zero-order valence-electron chi connectivity index (χ0n) is 16.4. The Hall–Kier alpha value is -2.67. The molecule has 3 aromatic rings. The van der Waals surface area contributed by atoms with Crippen molar-refractivity contribution in [2.75, 3.05) is 6.54 Å². The molecule has 1 fully saturated rings. The molecule has 3 unspecified atom stereocenters. The number of ether oxygens (including phenoxy) is 1. The number of hydrogen-bond acceptors (Lipinski definition) is 4. The van der Waals surface area contributed by atoms with Gasteiger partial charge in [-0.2, -0.15) is 5.10 Å². The van der Waals surface area contributed by atoms with E-state index >= 15 is 0 Å². The largest absolute Gasteiger partial charge is 0.367 e. The molecule has 30 heavy (non-hydrogen) atoms. The van der Waals surface area contributed by atoms with E-state index in [1.54, 1.807) is 0 Å². The maximum atomic E-state index is 11.9. The van der Waals surface area contributed by atoms with Gasteiger partial charge in [0.1, 0.15) is 0 Å². The number of piperidine rings is 1. The van der Waals surface area contributed by atoms with Crippen LogP contribution in [0.15, 0.2) is 67.0 Å². The van der Waals surface area contributed by atoms with Gasteiger partial charge in [-0.05, 0) is 29.7 Å². The maximum Gasteiger partial charge on any atom is 0.251 e. The number of para-hydroxylation sites is 1. The minimum absolute atomic E-state index is 0.224. The summed E-state index contributed by atoms with van der Waals surface area (Å²) in [7, 11) is 0. The highest BCUT2D eigenvalue weighted by atomic mass is 35.5. The number of likely N-dealkylation sites (tertiary alicyclic amines) is 1. The topological polar surface area (TPSA) is 73.4 Å². The van der Waals surface area contributed by atoms with Crippen LogP contribution >= 0.6 is 11.6 Å². The summed E-state index contributed by atoms with van der Waals surface area (Å²) in [4.78, 5) is 14.2. The Morgan fingerprint density at radius 3 is 2.73 bits per heavy atom. The van der Waals surface area contributed by atoms with Gasteiger partial charge in [-0.15, -0.1) is 11.6 Å². The van der Waals surface area contributed by atoms with Crippen molar-refractivity contribution in [1.82, 2.24) is 14.7 Å². The summed E-state index contributed by atoms with van der Waals surface area (Å²) in [6, 6.07) is 17.9. The number of primary amides is 1. The van der Waals surface area contributed by atoms with Crippen molar-refractivity contribution in [3.63, 3.8) is 0 Å². The lowest BCUT2D eigenvalue weighted by Gasteiger charge is -2.42. The fourth-order valence-electron chi connectivity index (χ4n) is 4.60. The molecule has 1 saturated heterocycles. The SMILES string of the molecule is NC(=O)C1OC2(CCN(Cc3cnn(-c4ccccc4)c3)C(Cl)C2)c2ccccc21. The Kier molecular flexibility index (Phi) is 4.85. The van der Waals surface area contributed by atoms with Gasteiger partial charge < -0.3 is 10.5 Å². The minimum Gasteiger partial charge on any atom is -0.367 e. The quantitative estimate of drug-likeness (QED) is 0.516. The van der Waals surface area contributed by atoms with E-state index in [9.17, 15) is 4.79 Å². The van der Waals surface area contributed by atoms with Crippen LogP contribution in [0.25, 0.3) is 5.69 Å². The summed E-state index contributed by atoms with van der Waals surface area (Å²) in [5, 5.41) is 4.48. The van der Waals surface area contributed by atoms with Gasteiger partial charge in [0.25, 0.3) is 5.91 Å². The summed E-state index contributed by atoms with van der Waals surface area (Å²) in [5.41, 5.74) is 8.85. The van der Waals surface area contributed by atoms with Crippen LogP contribution in [0.1, 0.15) is 35.6 Å². The van der Waals surface area contributed by atoms with Crippen LogP contribution in [0.3, 0.4) is 0 Å². The van der Waals surface area contributed by atoms with Gasteiger partial charge in [0.15, 0.2) is 6.10 Å². The predicted molar refractivity (Wildman–Crippen MR) is 114 cm³/mol. The van der Waals surface area contributed by atoms with Crippen LogP contribution in [0, 0.1) is 0 Å². The lowest BCUT2D eigenvalue weighted by atomic mass is 9.83. The van der Waals surface area contributed by atoms with E-state index < -0.39 is 17.6 Å². The summed E-state index contributed by atoms with van der Waals surface area (Å²) < 4.78 is 8.12. The molecule has 0 aliphatic carbocycles. The van der Waals surface area contributed by atoms with E-state index in [1.165, 1.54) is 0 Å². The number of aromatic nitrogens is 2. The molecule has 154 valence electrons. The van der Waals surface area contributed by atoms with Crippen LogP contribution in [0.2, 0.25) is 0 Å². The Labute approximate surface area is 180 Å². The third-order valence-electron chi connectivity index (χ3n) is 6.08. The first-order valence-electron chi connectivity index (χ1n) is 10.1. The van der Waals surface area contributed by atoms with Gasteiger partial charge in [0.2, 0.25) is 0 Å². The van der Waals surface area contributed by atoms with E-state index in [-0.39, 0.29) is 5.50 Å². The standard InChI is InChI=1S/C23H23ClN4O2/c24-20-12-23(19-9-5-4-8-18(19)21(30-23)22(25)29)10-11-27(20)14-16-13-26-28(15-16)17-6-2-1-3-7-17/h1-9,13,15,20-21H,10-12,14H2,(H2,25,29). The second-order valence-corrected chi connectivity index (χ2v) is 8.47. The Bertz CT molecular complexity index is 1070. The van der Waals surface area contributed by atoms with E-state index in [0.717, 1.165) is 35.3 Å². The number of fused-ring (bicyclic) bond motifs is 2. The van der Waals surface area contributed by atoms with Crippen LogP contribution < -0.4 is 5.73 Å². The Morgan fingerprint density at radius 2 is 1.97 bits per heavy atom. The third-order valence-corrected chi connectivity index (χ3v) is 6.51. The number of benzene rings is 2. The fourth-order valence-corrected chi connectivity index (χ4v) is 5.02. The van der Waals surface area contributed by atoms with Gasteiger partial charge in [0, 0.05) is 31.3 Å². The predicted octanol–water partition coefficient (Wildman–Crippen LogP) is 3.49. The second kappa shape index (κ2) is 7.54. The first-order valence-corrected chi connectivity index (χ1v) is 10.5. The molecule has 1 amide bonds. The highest BCUT2D eigenvalue weighted by molar-refractivity contribution is 6.20. The molecule has 2 aromatic carbocycles. The molecular formula is C23H23ClN4O2. The van der Waals surface area contributed by atoms with Crippen molar-refractivity contribution in [2.45, 2.75) is 36.6 Å². The molecule has 0 radical (unpaired) electrons. The fraction of sp³-hybridized carbons (Fsp3) is 0.304. The van der Waals surface area contributed by atoms with Crippen molar-refractivity contribution in [3.05, 3.63) is 83.7 Å². The Morgan fingerprint density at radius 1 is 1.20 bits per heavy atom. The first-order chi connectivity index (χ1) is 14.6. The van der Waals surface area contributed by atoms with Crippen molar-refractivity contribution in [1.29, 1.82) is 0 Å². The number of carbonyl (C=O) groups excluding carboxylic acids is 1.